The van der Waals surface area contributed by atoms with Gasteiger partial charge in [-0.3, -0.25) is 9.97 Å². The molecule has 3 aromatic heterocycles. The van der Waals surface area contributed by atoms with Gasteiger partial charge in [0.2, 0.25) is 0 Å². The molecule has 0 bridgehead atoms. The van der Waals surface area contributed by atoms with Gasteiger partial charge in [-0.1, -0.05) is 12.1 Å². The molecule has 2 atom stereocenters. The van der Waals surface area contributed by atoms with E-state index in [1.165, 1.54) is 16.8 Å². The predicted octanol–water partition coefficient (Wildman–Crippen LogP) is 1.70. The first-order chi connectivity index (χ1) is 14.4. The fourth-order valence-corrected chi connectivity index (χ4v) is 4.26. The number of aromatic amines is 1. The number of hydrogen-bond donors (Lipinski definition) is 4. The summed E-state index contributed by atoms with van der Waals surface area (Å²) in [5.74, 6) is 1.42. The second-order valence-corrected chi connectivity index (χ2v) is 7.70. The Balaban J connectivity index is 1.36. The number of nitrogens with one attached hydrogen (secondary N) is 4. The topological polar surface area (TPSA) is 90.6 Å². The molecule has 29 heavy (non-hydrogen) atoms. The van der Waals surface area contributed by atoms with E-state index in [2.05, 4.69) is 48.0 Å². The lowest BCUT2D eigenvalue weighted by molar-refractivity contribution is 0.221. The minimum atomic E-state index is 0.432. The van der Waals surface area contributed by atoms with Crippen molar-refractivity contribution < 1.29 is 0 Å². The Labute approximate surface area is 171 Å². The van der Waals surface area contributed by atoms with E-state index in [1.54, 1.807) is 6.33 Å². The Morgan fingerprint density at radius 3 is 1.93 bits per heavy atom. The van der Waals surface area contributed by atoms with E-state index < -0.39 is 0 Å². The Bertz CT molecular complexity index is 769. The van der Waals surface area contributed by atoms with E-state index >= 15 is 0 Å². The predicted molar refractivity (Wildman–Crippen MR) is 113 cm³/mol. The largest absolute Gasteiger partial charge is 0.348 e. The fourth-order valence-electron chi connectivity index (χ4n) is 4.26. The molecule has 2 unspecified atom stereocenters. The van der Waals surface area contributed by atoms with Crippen molar-refractivity contribution in [2.24, 2.45) is 11.8 Å². The molecule has 0 aliphatic carbocycles. The van der Waals surface area contributed by atoms with Crippen molar-refractivity contribution >= 4 is 0 Å². The molecule has 7 heteroatoms. The maximum Gasteiger partial charge on any atom is 0.0921 e. The first-order valence-electron chi connectivity index (χ1n) is 10.3. The van der Waals surface area contributed by atoms with Crippen LogP contribution in [0.15, 0.2) is 61.6 Å². The van der Waals surface area contributed by atoms with Crippen LogP contribution in [-0.2, 0) is 13.1 Å². The molecule has 1 saturated heterocycles. The van der Waals surface area contributed by atoms with Crippen molar-refractivity contribution in [3.63, 3.8) is 0 Å². The van der Waals surface area contributed by atoms with Crippen molar-refractivity contribution in [1.82, 2.24) is 35.9 Å². The van der Waals surface area contributed by atoms with Crippen LogP contribution in [0, 0.1) is 11.8 Å². The van der Waals surface area contributed by atoms with Gasteiger partial charge in [0.05, 0.1) is 6.33 Å². The van der Waals surface area contributed by atoms with Gasteiger partial charge >= 0.3 is 0 Å². The van der Waals surface area contributed by atoms with Crippen LogP contribution in [0.4, 0.5) is 0 Å². The highest BCUT2D eigenvalue weighted by Crippen LogP contribution is 2.33. The third-order valence-electron chi connectivity index (χ3n) is 5.62. The summed E-state index contributed by atoms with van der Waals surface area (Å²) in [5, 5.41) is 10.9. The number of pyridine rings is 2. The third-order valence-corrected chi connectivity index (χ3v) is 5.62. The zero-order chi connectivity index (χ0) is 19.7. The monoisotopic (exact) mass is 391 g/mol. The highest BCUT2D eigenvalue weighted by molar-refractivity contribution is 5.13. The molecule has 4 N–H and O–H groups in total. The van der Waals surface area contributed by atoms with E-state index in [0.717, 1.165) is 39.3 Å². The molecule has 3 aromatic rings. The lowest BCUT2D eigenvalue weighted by atomic mass is 9.76. The van der Waals surface area contributed by atoms with Crippen molar-refractivity contribution in [1.29, 1.82) is 0 Å². The molecule has 0 radical (unpaired) electrons. The number of piperidine rings is 1. The Morgan fingerprint density at radius 1 is 0.828 bits per heavy atom. The van der Waals surface area contributed by atoms with Gasteiger partial charge in [0.1, 0.15) is 0 Å². The van der Waals surface area contributed by atoms with Crippen LogP contribution in [0.5, 0.6) is 0 Å². The standard InChI is InChI=1S/C22H29N7/c1-3-17(7-23-5-1)9-25-11-19-13-27-14-20(22(19)21-15-28-16-29-21)12-26-10-18-4-2-6-24-8-18/h1-8,15-16,19-20,22,25-27H,9-14H2,(H,28,29). The molecule has 0 saturated carbocycles. The summed E-state index contributed by atoms with van der Waals surface area (Å²) < 4.78 is 0. The van der Waals surface area contributed by atoms with Crippen LogP contribution in [0.3, 0.4) is 0 Å². The zero-order valence-electron chi connectivity index (χ0n) is 16.6. The molecular formula is C22H29N7. The number of H-pyrrole nitrogens is 1. The number of imidazole rings is 1. The number of aromatic nitrogens is 4. The quantitative estimate of drug-likeness (QED) is 0.444. The molecule has 4 rings (SSSR count). The van der Waals surface area contributed by atoms with Gasteiger partial charge in [-0.25, -0.2) is 4.98 Å². The van der Waals surface area contributed by atoms with Crippen LogP contribution in [-0.4, -0.2) is 46.1 Å². The lowest BCUT2D eigenvalue weighted by Gasteiger charge is -2.38. The summed E-state index contributed by atoms with van der Waals surface area (Å²) in [5.41, 5.74) is 3.65. The molecule has 1 aliphatic rings. The van der Waals surface area contributed by atoms with Crippen molar-refractivity contribution in [2.75, 3.05) is 26.2 Å². The van der Waals surface area contributed by atoms with Crippen LogP contribution in [0.1, 0.15) is 22.7 Å². The second-order valence-electron chi connectivity index (χ2n) is 7.70. The molecule has 1 aliphatic heterocycles. The number of rotatable bonds is 9. The van der Waals surface area contributed by atoms with Crippen molar-refractivity contribution in [3.8, 4) is 0 Å². The van der Waals surface area contributed by atoms with E-state index in [9.17, 15) is 0 Å². The van der Waals surface area contributed by atoms with Crippen LogP contribution in [0.2, 0.25) is 0 Å². The molecular weight excluding hydrogens is 362 g/mol. The number of nitrogens with zero attached hydrogens (tertiary/aromatic N) is 3. The molecule has 1 fully saturated rings. The Kier molecular flexibility index (Phi) is 6.96. The van der Waals surface area contributed by atoms with Gasteiger partial charge < -0.3 is 20.9 Å². The summed E-state index contributed by atoms with van der Waals surface area (Å²) in [7, 11) is 0. The Morgan fingerprint density at radius 2 is 1.45 bits per heavy atom. The summed E-state index contributed by atoms with van der Waals surface area (Å²) in [6.45, 7) is 5.58. The molecule has 7 nitrogen and oxygen atoms in total. The summed E-state index contributed by atoms with van der Waals surface area (Å²) in [4.78, 5) is 16.1. The summed E-state index contributed by atoms with van der Waals surface area (Å²) in [6.07, 6.45) is 11.2. The minimum Gasteiger partial charge on any atom is -0.348 e. The fraction of sp³-hybridized carbons (Fsp3) is 0.409. The van der Waals surface area contributed by atoms with Crippen molar-refractivity contribution in [3.05, 3.63) is 78.4 Å². The maximum absolute atomic E-state index is 4.29. The number of hydrogen-bond acceptors (Lipinski definition) is 6. The second kappa shape index (κ2) is 10.2. The van der Waals surface area contributed by atoms with Crippen LogP contribution < -0.4 is 16.0 Å². The van der Waals surface area contributed by atoms with Gasteiger partial charge in [0.25, 0.3) is 0 Å². The molecule has 0 spiro atoms. The lowest BCUT2D eigenvalue weighted by Crippen LogP contribution is -2.48. The van der Waals surface area contributed by atoms with Crippen LogP contribution in [0.25, 0.3) is 0 Å². The minimum absolute atomic E-state index is 0.432. The van der Waals surface area contributed by atoms with E-state index in [-0.39, 0.29) is 0 Å². The smallest absolute Gasteiger partial charge is 0.0921 e. The molecule has 0 amide bonds. The van der Waals surface area contributed by atoms with Gasteiger partial charge in [0, 0.05) is 68.8 Å². The molecule has 0 aromatic carbocycles. The van der Waals surface area contributed by atoms with Gasteiger partial charge in [-0.2, -0.15) is 0 Å². The summed E-state index contributed by atoms with van der Waals surface area (Å²) in [6, 6.07) is 8.18. The van der Waals surface area contributed by atoms with Crippen molar-refractivity contribution in [2.45, 2.75) is 19.0 Å². The van der Waals surface area contributed by atoms with Crippen LogP contribution >= 0.6 is 0 Å². The first-order valence-corrected chi connectivity index (χ1v) is 10.3. The van der Waals surface area contributed by atoms with E-state index in [1.807, 2.05) is 43.1 Å². The molecule has 152 valence electrons. The molecule has 4 heterocycles. The van der Waals surface area contributed by atoms with Gasteiger partial charge in [-0.15, -0.1) is 0 Å². The highest BCUT2D eigenvalue weighted by Gasteiger charge is 2.34. The average Bonchev–Trinajstić information content (AvgIpc) is 3.30. The average molecular weight is 392 g/mol. The van der Waals surface area contributed by atoms with Gasteiger partial charge in [-0.05, 0) is 48.2 Å². The Hall–Kier alpha value is -2.61. The SMILES string of the molecule is c1cncc(CNCC2CNCC(CNCc3cccnc3)C2c2cnc[nH]2)c1. The first kappa shape index (κ1) is 19.7. The normalized spacial score (nSPS) is 21.9. The van der Waals surface area contributed by atoms with E-state index in [0.29, 0.717) is 17.8 Å². The highest BCUT2D eigenvalue weighted by atomic mass is 15.0. The third kappa shape index (κ3) is 5.47. The summed E-state index contributed by atoms with van der Waals surface area (Å²) >= 11 is 0. The van der Waals surface area contributed by atoms with E-state index in [4.69, 9.17) is 0 Å². The maximum atomic E-state index is 4.29. The zero-order valence-corrected chi connectivity index (χ0v) is 16.6. The van der Waals surface area contributed by atoms with Gasteiger partial charge in [0.15, 0.2) is 0 Å².